The van der Waals surface area contributed by atoms with E-state index in [0.717, 1.165) is 27.8 Å². The highest BCUT2D eigenvalue weighted by molar-refractivity contribution is 7.19. The van der Waals surface area contributed by atoms with Crippen LogP contribution in [-0.2, 0) is 11.3 Å². The summed E-state index contributed by atoms with van der Waals surface area (Å²) in [5.74, 6) is -0.279. The maximum atomic E-state index is 12.8. The second-order valence-corrected chi connectivity index (χ2v) is 9.00. The predicted molar refractivity (Wildman–Crippen MR) is 130 cm³/mol. The number of rotatable bonds is 5. The SMILES string of the molecule is CCOC(=O)c1c(CN)sc2cc(-c3cccc4ccccc34)c(C3=CCCC3)cc12. The molecule has 1 aliphatic rings. The van der Waals surface area contributed by atoms with Crippen LogP contribution in [0.5, 0.6) is 0 Å². The highest BCUT2D eigenvalue weighted by Crippen LogP contribution is 2.43. The van der Waals surface area contributed by atoms with Gasteiger partial charge in [-0.25, -0.2) is 4.79 Å². The summed E-state index contributed by atoms with van der Waals surface area (Å²) in [6.45, 7) is 2.52. The van der Waals surface area contributed by atoms with Crippen LogP contribution in [0.4, 0.5) is 0 Å². The third kappa shape index (κ3) is 3.46. The van der Waals surface area contributed by atoms with Crippen molar-refractivity contribution in [2.24, 2.45) is 5.73 Å². The van der Waals surface area contributed by atoms with E-state index in [9.17, 15) is 4.79 Å². The zero-order valence-electron chi connectivity index (χ0n) is 17.6. The third-order valence-electron chi connectivity index (χ3n) is 6.03. The van der Waals surface area contributed by atoms with Crippen molar-refractivity contribution < 1.29 is 9.53 Å². The Balaban J connectivity index is 1.82. The third-order valence-corrected chi connectivity index (χ3v) is 7.21. The summed E-state index contributed by atoms with van der Waals surface area (Å²) >= 11 is 1.60. The molecule has 3 nitrogen and oxygen atoms in total. The van der Waals surface area contributed by atoms with Crippen LogP contribution in [0.3, 0.4) is 0 Å². The van der Waals surface area contributed by atoms with Gasteiger partial charge in [0, 0.05) is 21.5 Å². The molecule has 3 aromatic carbocycles. The number of ether oxygens (including phenoxy) is 1. The quantitative estimate of drug-likeness (QED) is 0.352. The van der Waals surface area contributed by atoms with Crippen LogP contribution in [0.25, 0.3) is 37.6 Å². The highest BCUT2D eigenvalue weighted by atomic mass is 32.1. The number of carbonyl (C=O) groups excluding carboxylic acids is 1. The summed E-state index contributed by atoms with van der Waals surface area (Å²) < 4.78 is 6.45. The van der Waals surface area contributed by atoms with Gasteiger partial charge >= 0.3 is 5.97 Å². The van der Waals surface area contributed by atoms with Crippen LogP contribution in [0, 0.1) is 0 Å². The standard InChI is InChI=1S/C27H25NO2S/c1-2-30-27(29)26-23-14-21(18-9-3-4-10-18)22(15-24(23)31-25(26)16-28)20-13-7-11-17-8-5-6-12-19(17)20/h5-9,11-15H,2-4,10,16,28H2,1H3. The van der Waals surface area contributed by atoms with Crippen molar-refractivity contribution >= 4 is 43.7 Å². The fourth-order valence-corrected chi connectivity index (χ4v) is 5.72. The van der Waals surface area contributed by atoms with E-state index in [1.165, 1.54) is 39.5 Å². The minimum atomic E-state index is -0.279. The number of benzene rings is 3. The monoisotopic (exact) mass is 427 g/mol. The fourth-order valence-electron chi connectivity index (χ4n) is 4.63. The normalized spacial score (nSPS) is 13.7. The lowest BCUT2D eigenvalue weighted by molar-refractivity contribution is 0.0528. The number of fused-ring (bicyclic) bond motifs is 2. The molecule has 1 aliphatic carbocycles. The van der Waals surface area contributed by atoms with Crippen LogP contribution in [-0.4, -0.2) is 12.6 Å². The molecule has 4 aromatic rings. The molecular formula is C27H25NO2S. The molecule has 0 unspecified atom stereocenters. The second-order valence-electron chi connectivity index (χ2n) is 7.87. The number of hydrogen-bond acceptors (Lipinski definition) is 4. The van der Waals surface area contributed by atoms with E-state index >= 15 is 0 Å². The van der Waals surface area contributed by atoms with Crippen molar-refractivity contribution in [1.29, 1.82) is 0 Å². The minimum absolute atomic E-state index is 0.279. The molecule has 0 aliphatic heterocycles. The highest BCUT2D eigenvalue weighted by Gasteiger charge is 2.23. The summed E-state index contributed by atoms with van der Waals surface area (Å²) in [5.41, 5.74) is 11.7. The van der Waals surface area contributed by atoms with Crippen LogP contribution >= 0.6 is 11.3 Å². The van der Waals surface area contributed by atoms with Gasteiger partial charge in [-0.3, -0.25) is 0 Å². The lowest BCUT2D eigenvalue weighted by atomic mass is 9.89. The molecule has 0 amide bonds. The molecule has 156 valence electrons. The van der Waals surface area contributed by atoms with Gasteiger partial charge in [-0.1, -0.05) is 48.5 Å². The van der Waals surface area contributed by atoms with E-state index in [0.29, 0.717) is 18.7 Å². The summed E-state index contributed by atoms with van der Waals surface area (Å²) in [6.07, 6.45) is 5.68. The molecule has 4 heteroatoms. The summed E-state index contributed by atoms with van der Waals surface area (Å²) in [4.78, 5) is 13.7. The average molecular weight is 428 g/mol. The van der Waals surface area contributed by atoms with Crippen LogP contribution < -0.4 is 5.73 Å². The van der Waals surface area contributed by atoms with Crippen molar-refractivity contribution in [3.05, 3.63) is 76.7 Å². The minimum Gasteiger partial charge on any atom is -0.462 e. The molecule has 2 N–H and O–H groups in total. The summed E-state index contributed by atoms with van der Waals surface area (Å²) in [5, 5.41) is 3.42. The van der Waals surface area contributed by atoms with E-state index in [1.54, 1.807) is 11.3 Å². The number of thiophene rings is 1. The Kier molecular flexibility index (Phi) is 5.34. The smallest absolute Gasteiger partial charge is 0.339 e. The number of esters is 1. The Morgan fingerprint density at radius 1 is 1.03 bits per heavy atom. The van der Waals surface area contributed by atoms with E-state index in [-0.39, 0.29) is 5.97 Å². The lowest BCUT2D eigenvalue weighted by Gasteiger charge is -2.15. The molecule has 1 heterocycles. The first kappa shape index (κ1) is 20.0. The second kappa shape index (κ2) is 8.29. The Morgan fingerprint density at radius 3 is 2.65 bits per heavy atom. The van der Waals surface area contributed by atoms with Crippen LogP contribution in [0.2, 0.25) is 0 Å². The van der Waals surface area contributed by atoms with Crippen molar-refractivity contribution in [2.45, 2.75) is 32.7 Å². The number of carbonyl (C=O) groups is 1. The predicted octanol–water partition coefficient (Wildman–Crippen LogP) is 6.92. The van der Waals surface area contributed by atoms with Crippen molar-refractivity contribution in [1.82, 2.24) is 0 Å². The van der Waals surface area contributed by atoms with Gasteiger partial charge in [0.2, 0.25) is 0 Å². The molecule has 0 spiro atoms. The van der Waals surface area contributed by atoms with E-state index in [4.69, 9.17) is 10.5 Å². The molecule has 0 atom stereocenters. The van der Waals surface area contributed by atoms with Crippen LogP contribution in [0.15, 0.2) is 60.7 Å². The van der Waals surface area contributed by atoms with Gasteiger partial charge in [0.1, 0.15) is 0 Å². The van der Waals surface area contributed by atoms with Gasteiger partial charge in [0.05, 0.1) is 12.2 Å². The van der Waals surface area contributed by atoms with Crippen molar-refractivity contribution in [2.75, 3.05) is 6.61 Å². The molecule has 0 saturated heterocycles. The van der Waals surface area contributed by atoms with Gasteiger partial charge in [0.15, 0.2) is 0 Å². The summed E-state index contributed by atoms with van der Waals surface area (Å²) in [7, 11) is 0. The molecule has 31 heavy (non-hydrogen) atoms. The molecule has 0 fully saturated rings. The number of allylic oxidation sites excluding steroid dienone is 2. The van der Waals surface area contributed by atoms with Crippen molar-refractivity contribution in [3.63, 3.8) is 0 Å². The molecular weight excluding hydrogens is 402 g/mol. The first-order valence-electron chi connectivity index (χ1n) is 10.9. The average Bonchev–Trinajstić information content (AvgIpc) is 3.45. The van der Waals surface area contributed by atoms with Gasteiger partial charge in [-0.2, -0.15) is 0 Å². The lowest BCUT2D eigenvalue weighted by Crippen LogP contribution is -2.08. The maximum Gasteiger partial charge on any atom is 0.339 e. The molecule has 0 saturated carbocycles. The molecule has 1 aromatic heterocycles. The summed E-state index contributed by atoms with van der Waals surface area (Å²) in [6, 6.07) is 19.4. The maximum absolute atomic E-state index is 12.8. The topological polar surface area (TPSA) is 52.3 Å². The molecule has 5 rings (SSSR count). The Hall–Kier alpha value is -2.95. The Labute approximate surface area is 186 Å². The zero-order chi connectivity index (χ0) is 21.4. The van der Waals surface area contributed by atoms with E-state index in [1.807, 2.05) is 6.92 Å². The van der Waals surface area contributed by atoms with Crippen molar-refractivity contribution in [3.8, 4) is 11.1 Å². The molecule has 0 bridgehead atoms. The van der Waals surface area contributed by atoms with Gasteiger partial charge < -0.3 is 10.5 Å². The van der Waals surface area contributed by atoms with E-state index < -0.39 is 0 Å². The number of hydrogen-bond donors (Lipinski definition) is 1. The Morgan fingerprint density at radius 2 is 1.87 bits per heavy atom. The zero-order valence-corrected chi connectivity index (χ0v) is 18.4. The first-order valence-corrected chi connectivity index (χ1v) is 11.7. The van der Waals surface area contributed by atoms with Gasteiger partial charge in [-0.05, 0) is 71.4 Å². The number of nitrogens with two attached hydrogens (primary N) is 1. The fraction of sp³-hybridized carbons (Fsp3) is 0.222. The Bertz CT molecular complexity index is 1330. The first-order chi connectivity index (χ1) is 15.2. The van der Waals surface area contributed by atoms with Gasteiger partial charge in [-0.15, -0.1) is 11.3 Å². The van der Waals surface area contributed by atoms with E-state index in [2.05, 4.69) is 60.7 Å². The molecule has 0 radical (unpaired) electrons. The van der Waals surface area contributed by atoms with Crippen LogP contribution in [0.1, 0.15) is 47.0 Å². The largest absolute Gasteiger partial charge is 0.462 e. The van der Waals surface area contributed by atoms with Gasteiger partial charge in [0.25, 0.3) is 0 Å².